The highest BCUT2D eigenvalue weighted by molar-refractivity contribution is 5.93. The number of aliphatic carboxylic acids is 1. The SMILES string of the molecule is C[C@@H](NC(=O)[C@@H](Cc1ccccc1)NC(=O)[C@@H](CCCCN)NC(=O)Cc1ccc(N=Nc2ccccc2)cc1)C(=O)O. The van der Waals surface area contributed by atoms with Crippen molar-refractivity contribution in [1.29, 1.82) is 0 Å². The van der Waals surface area contributed by atoms with Crippen molar-refractivity contribution in [2.24, 2.45) is 16.0 Å². The Bertz CT molecular complexity index is 1370. The fourth-order valence-corrected chi connectivity index (χ4v) is 4.19. The molecule has 3 atom stereocenters. The highest BCUT2D eigenvalue weighted by Gasteiger charge is 2.28. The van der Waals surface area contributed by atoms with E-state index in [1.165, 1.54) is 6.92 Å². The number of nitrogens with one attached hydrogen (secondary N) is 3. The Labute approximate surface area is 251 Å². The summed E-state index contributed by atoms with van der Waals surface area (Å²) in [6, 6.07) is 22.3. The number of nitrogens with zero attached hydrogens (tertiary/aromatic N) is 2. The third-order valence-electron chi connectivity index (χ3n) is 6.58. The van der Waals surface area contributed by atoms with E-state index < -0.39 is 35.9 Å². The van der Waals surface area contributed by atoms with Gasteiger partial charge in [-0.05, 0) is 68.1 Å². The molecule has 3 aromatic rings. The van der Waals surface area contributed by atoms with E-state index in [2.05, 4.69) is 26.2 Å². The average molecular weight is 587 g/mol. The lowest BCUT2D eigenvalue weighted by molar-refractivity contribution is -0.141. The maximum Gasteiger partial charge on any atom is 0.325 e. The lowest BCUT2D eigenvalue weighted by Gasteiger charge is -2.24. The normalized spacial score (nSPS) is 13.1. The van der Waals surface area contributed by atoms with Gasteiger partial charge in [0.1, 0.15) is 18.1 Å². The predicted octanol–water partition coefficient (Wildman–Crippen LogP) is 3.58. The first kappa shape index (κ1) is 32.6. The minimum atomic E-state index is -1.20. The molecule has 0 aromatic heterocycles. The first-order chi connectivity index (χ1) is 20.7. The molecule has 0 unspecified atom stereocenters. The fourth-order valence-electron chi connectivity index (χ4n) is 4.19. The molecule has 226 valence electrons. The highest BCUT2D eigenvalue weighted by atomic mass is 16.4. The molecule has 0 radical (unpaired) electrons. The van der Waals surface area contributed by atoms with Gasteiger partial charge < -0.3 is 26.8 Å². The molecule has 0 fully saturated rings. The first-order valence-electron chi connectivity index (χ1n) is 14.2. The molecule has 3 rings (SSSR count). The Balaban J connectivity index is 1.67. The summed E-state index contributed by atoms with van der Waals surface area (Å²) < 4.78 is 0. The van der Waals surface area contributed by atoms with Crippen LogP contribution in [0.5, 0.6) is 0 Å². The van der Waals surface area contributed by atoms with Crippen molar-refractivity contribution in [1.82, 2.24) is 16.0 Å². The van der Waals surface area contributed by atoms with Gasteiger partial charge in [0.15, 0.2) is 0 Å². The van der Waals surface area contributed by atoms with Crippen LogP contribution in [0.3, 0.4) is 0 Å². The molecule has 43 heavy (non-hydrogen) atoms. The quantitative estimate of drug-likeness (QED) is 0.127. The van der Waals surface area contributed by atoms with Gasteiger partial charge in [-0.2, -0.15) is 10.2 Å². The van der Waals surface area contributed by atoms with Gasteiger partial charge in [0, 0.05) is 6.42 Å². The van der Waals surface area contributed by atoms with Crippen molar-refractivity contribution in [3.8, 4) is 0 Å². The van der Waals surface area contributed by atoms with E-state index in [9.17, 15) is 24.3 Å². The van der Waals surface area contributed by atoms with Crippen LogP contribution in [0.1, 0.15) is 37.3 Å². The van der Waals surface area contributed by atoms with Crippen LogP contribution in [0.4, 0.5) is 11.4 Å². The topological polar surface area (TPSA) is 175 Å². The molecule has 3 amide bonds. The van der Waals surface area contributed by atoms with Crippen molar-refractivity contribution in [2.75, 3.05) is 6.54 Å². The summed E-state index contributed by atoms with van der Waals surface area (Å²) in [7, 11) is 0. The largest absolute Gasteiger partial charge is 0.480 e. The van der Waals surface area contributed by atoms with Crippen molar-refractivity contribution in [2.45, 2.75) is 57.2 Å². The number of hydrogen-bond donors (Lipinski definition) is 5. The Morgan fingerprint density at radius 2 is 1.30 bits per heavy atom. The molecule has 6 N–H and O–H groups in total. The van der Waals surface area contributed by atoms with Crippen LogP contribution < -0.4 is 21.7 Å². The minimum Gasteiger partial charge on any atom is -0.480 e. The van der Waals surface area contributed by atoms with Gasteiger partial charge in [0.05, 0.1) is 17.8 Å². The second kappa shape index (κ2) is 17.1. The smallest absolute Gasteiger partial charge is 0.325 e. The van der Waals surface area contributed by atoms with E-state index in [1.807, 2.05) is 48.5 Å². The number of azo groups is 1. The van der Waals surface area contributed by atoms with Crippen LogP contribution in [-0.2, 0) is 32.0 Å². The van der Waals surface area contributed by atoms with E-state index >= 15 is 0 Å². The second-order valence-electron chi connectivity index (χ2n) is 10.1. The Morgan fingerprint density at radius 3 is 1.91 bits per heavy atom. The Hall–Kier alpha value is -4.90. The number of carbonyl (C=O) groups is 4. The van der Waals surface area contributed by atoms with E-state index in [0.29, 0.717) is 31.5 Å². The zero-order chi connectivity index (χ0) is 31.0. The number of benzene rings is 3. The summed E-state index contributed by atoms with van der Waals surface area (Å²) in [5.74, 6) is -2.74. The van der Waals surface area contributed by atoms with Gasteiger partial charge in [-0.3, -0.25) is 19.2 Å². The monoisotopic (exact) mass is 586 g/mol. The molecule has 0 aliphatic heterocycles. The van der Waals surface area contributed by atoms with Gasteiger partial charge in [0.2, 0.25) is 17.7 Å². The predicted molar refractivity (Wildman–Crippen MR) is 163 cm³/mol. The van der Waals surface area contributed by atoms with Gasteiger partial charge in [-0.15, -0.1) is 0 Å². The number of unbranched alkanes of at least 4 members (excludes halogenated alkanes) is 1. The molecule has 0 saturated heterocycles. The molecule has 0 aliphatic carbocycles. The third-order valence-corrected chi connectivity index (χ3v) is 6.58. The zero-order valence-corrected chi connectivity index (χ0v) is 24.1. The van der Waals surface area contributed by atoms with Crippen LogP contribution in [-0.4, -0.2) is 53.5 Å². The summed E-state index contributed by atoms with van der Waals surface area (Å²) in [5.41, 5.74) is 8.50. The molecule has 0 bridgehead atoms. The van der Waals surface area contributed by atoms with Gasteiger partial charge in [0.25, 0.3) is 0 Å². The number of amides is 3. The number of nitrogens with two attached hydrogens (primary N) is 1. The summed E-state index contributed by atoms with van der Waals surface area (Å²) in [6.07, 6.45) is 1.73. The molecule has 0 heterocycles. The lowest BCUT2D eigenvalue weighted by atomic mass is 10.0. The van der Waals surface area contributed by atoms with Crippen LogP contribution in [0.15, 0.2) is 95.2 Å². The van der Waals surface area contributed by atoms with E-state index in [4.69, 9.17) is 5.73 Å². The van der Waals surface area contributed by atoms with Crippen LogP contribution in [0, 0.1) is 0 Å². The van der Waals surface area contributed by atoms with Crippen molar-refractivity contribution >= 4 is 35.1 Å². The summed E-state index contributed by atoms with van der Waals surface area (Å²) in [4.78, 5) is 50.7. The maximum absolute atomic E-state index is 13.4. The van der Waals surface area contributed by atoms with Crippen LogP contribution in [0.2, 0.25) is 0 Å². The molecule has 0 saturated carbocycles. The maximum atomic E-state index is 13.4. The number of carboxylic acid groups (broad SMARTS) is 1. The molecule has 11 heteroatoms. The average Bonchev–Trinajstić information content (AvgIpc) is 3.00. The number of carboxylic acids is 1. The van der Waals surface area contributed by atoms with Crippen LogP contribution >= 0.6 is 0 Å². The third kappa shape index (κ3) is 11.5. The minimum absolute atomic E-state index is 0.0286. The Morgan fingerprint density at radius 1 is 0.721 bits per heavy atom. The molecule has 0 spiro atoms. The van der Waals surface area contributed by atoms with Crippen molar-refractivity contribution in [3.05, 3.63) is 96.1 Å². The Kier molecular flexibility index (Phi) is 13.0. The fraction of sp³-hybridized carbons (Fsp3) is 0.312. The summed E-state index contributed by atoms with van der Waals surface area (Å²) in [6.45, 7) is 1.78. The number of hydrogen-bond acceptors (Lipinski definition) is 7. The zero-order valence-electron chi connectivity index (χ0n) is 24.1. The van der Waals surface area contributed by atoms with E-state index in [-0.39, 0.29) is 18.7 Å². The molecular weight excluding hydrogens is 548 g/mol. The second-order valence-corrected chi connectivity index (χ2v) is 10.1. The molecule has 3 aromatic carbocycles. The van der Waals surface area contributed by atoms with Crippen molar-refractivity contribution < 1.29 is 24.3 Å². The molecule has 11 nitrogen and oxygen atoms in total. The molecular formula is C32H38N6O5. The van der Waals surface area contributed by atoms with Gasteiger partial charge in [-0.25, -0.2) is 0 Å². The van der Waals surface area contributed by atoms with Gasteiger partial charge in [-0.1, -0.05) is 60.7 Å². The number of carbonyl (C=O) groups excluding carboxylic acids is 3. The van der Waals surface area contributed by atoms with Crippen LogP contribution in [0.25, 0.3) is 0 Å². The highest BCUT2D eigenvalue weighted by Crippen LogP contribution is 2.18. The number of rotatable bonds is 16. The standard InChI is InChI=1S/C32H38N6O5/c1-22(32(42)43)34-31(41)28(20-23-10-4-2-5-11-23)36-30(40)27(14-8-9-19-33)35-29(39)21-24-15-17-26(18-16-24)38-37-25-12-6-3-7-13-25/h2-7,10-13,15-18,22,27-28H,8-9,14,19-21,33H2,1H3,(H,34,41)(H,35,39)(H,36,40)(H,42,43)/t22-,27-,28-/m1/s1. The van der Waals surface area contributed by atoms with E-state index in [1.54, 1.807) is 36.4 Å². The van der Waals surface area contributed by atoms with Crippen molar-refractivity contribution in [3.63, 3.8) is 0 Å². The van der Waals surface area contributed by atoms with Gasteiger partial charge >= 0.3 is 5.97 Å². The lowest BCUT2D eigenvalue weighted by Crippen LogP contribution is -2.56. The molecule has 0 aliphatic rings. The first-order valence-corrected chi connectivity index (χ1v) is 14.2. The summed E-state index contributed by atoms with van der Waals surface area (Å²) in [5, 5.41) is 25.6. The van der Waals surface area contributed by atoms with E-state index in [0.717, 1.165) is 16.8 Å². The summed E-state index contributed by atoms with van der Waals surface area (Å²) >= 11 is 0.